The number of ether oxygens (including phenoxy) is 1. The van der Waals surface area contributed by atoms with Crippen LogP contribution >= 0.6 is 11.8 Å². The second-order valence-corrected chi connectivity index (χ2v) is 3.08. The van der Waals surface area contributed by atoms with Gasteiger partial charge in [-0.3, -0.25) is 0 Å². The van der Waals surface area contributed by atoms with Crippen molar-refractivity contribution in [1.29, 1.82) is 0 Å². The Morgan fingerprint density at radius 3 is 3.09 bits per heavy atom. The van der Waals surface area contributed by atoms with Crippen LogP contribution in [0.1, 0.15) is 0 Å². The molecule has 0 saturated heterocycles. The van der Waals surface area contributed by atoms with Gasteiger partial charge in [0.05, 0.1) is 13.2 Å². The lowest BCUT2D eigenvalue weighted by molar-refractivity contribution is -0.00610. The minimum Gasteiger partial charge on any atom is -0.394 e. The summed E-state index contributed by atoms with van der Waals surface area (Å²) < 4.78 is 5.13. The molecule has 0 fully saturated rings. The Morgan fingerprint density at radius 1 is 1.73 bits per heavy atom. The predicted molar refractivity (Wildman–Crippen MR) is 42.7 cm³/mol. The molecule has 0 aliphatic carbocycles. The highest BCUT2D eigenvalue weighted by Crippen LogP contribution is 2.16. The third-order valence-electron chi connectivity index (χ3n) is 1.15. The van der Waals surface area contributed by atoms with E-state index in [0.29, 0.717) is 0 Å². The van der Waals surface area contributed by atoms with Crippen LogP contribution in [-0.2, 0) is 4.74 Å². The van der Waals surface area contributed by atoms with Gasteiger partial charge in [0.15, 0.2) is 5.56 Å². The van der Waals surface area contributed by atoms with Gasteiger partial charge in [-0.15, -0.1) is 0 Å². The first kappa shape index (κ1) is 8.86. The normalized spacial score (nSPS) is 25.1. The Labute approximate surface area is 69.2 Å². The molecular formula is C6H11NO3S. The molecule has 3 N–H and O–H groups in total. The fourth-order valence-electron chi connectivity index (χ4n) is 0.606. The van der Waals surface area contributed by atoms with Gasteiger partial charge in [0.1, 0.15) is 6.10 Å². The summed E-state index contributed by atoms with van der Waals surface area (Å²) in [4.78, 5) is 0. The van der Waals surface area contributed by atoms with Crippen LogP contribution in [0.25, 0.3) is 0 Å². The molecule has 0 saturated carbocycles. The molecule has 2 atom stereocenters. The third kappa shape index (κ3) is 3.11. The molecular weight excluding hydrogens is 166 g/mol. The average Bonchev–Trinajstić information content (AvgIpc) is 2.52. The summed E-state index contributed by atoms with van der Waals surface area (Å²) in [5.74, 6) is 0. The van der Waals surface area contributed by atoms with E-state index < -0.39 is 6.10 Å². The number of aliphatic hydroxyl groups is 2. The molecule has 0 spiro atoms. The van der Waals surface area contributed by atoms with Crippen LogP contribution in [0.4, 0.5) is 0 Å². The molecule has 4 nitrogen and oxygen atoms in total. The van der Waals surface area contributed by atoms with Crippen LogP contribution in [0.3, 0.4) is 0 Å². The molecule has 1 aliphatic heterocycles. The van der Waals surface area contributed by atoms with Crippen molar-refractivity contribution >= 4 is 11.8 Å². The molecule has 1 heterocycles. The maximum atomic E-state index is 8.89. The van der Waals surface area contributed by atoms with E-state index in [2.05, 4.69) is 5.32 Å². The maximum Gasteiger partial charge on any atom is 0.179 e. The number of thioether (sulfide) groups is 1. The molecule has 64 valence electrons. The van der Waals surface area contributed by atoms with Crippen molar-refractivity contribution in [2.24, 2.45) is 0 Å². The Kier molecular flexibility index (Phi) is 3.71. The summed E-state index contributed by atoms with van der Waals surface area (Å²) in [6, 6.07) is 0. The van der Waals surface area contributed by atoms with Crippen LogP contribution < -0.4 is 5.32 Å². The van der Waals surface area contributed by atoms with E-state index in [1.165, 1.54) is 11.8 Å². The second kappa shape index (κ2) is 4.61. The lowest BCUT2D eigenvalue weighted by Gasteiger charge is -2.13. The van der Waals surface area contributed by atoms with Gasteiger partial charge in [0.2, 0.25) is 0 Å². The molecule has 0 aromatic carbocycles. The molecule has 2 unspecified atom stereocenters. The molecule has 1 rings (SSSR count). The first-order chi connectivity index (χ1) is 5.33. The fourth-order valence-corrected chi connectivity index (χ4v) is 1.22. The summed E-state index contributed by atoms with van der Waals surface area (Å²) in [6.45, 7) is -0.104. The highest BCUT2D eigenvalue weighted by atomic mass is 32.2. The standard InChI is InChI=1S/C6H11NO3S/c8-3-5(9)4-10-6-7-1-2-11-6/h1-2,5-9H,3-4H2. The van der Waals surface area contributed by atoms with Crippen LogP contribution in [-0.4, -0.2) is 35.1 Å². The van der Waals surface area contributed by atoms with E-state index in [1.54, 1.807) is 6.20 Å². The molecule has 0 radical (unpaired) electrons. The average molecular weight is 177 g/mol. The van der Waals surface area contributed by atoms with E-state index in [1.807, 2.05) is 5.41 Å². The van der Waals surface area contributed by atoms with Gasteiger partial charge < -0.3 is 20.3 Å². The van der Waals surface area contributed by atoms with E-state index in [0.717, 1.165) is 0 Å². The molecule has 11 heavy (non-hydrogen) atoms. The summed E-state index contributed by atoms with van der Waals surface area (Å²) in [5, 5.41) is 22.1. The van der Waals surface area contributed by atoms with Crippen LogP contribution in [0.2, 0.25) is 0 Å². The lowest BCUT2D eigenvalue weighted by Crippen LogP contribution is -2.27. The Balaban J connectivity index is 2.03. The zero-order chi connectivity index (χ0) is 8.10. The van der Waals surface area contributed by atoms with Crippen LogP contribution in [0, 0.1) is 0 Å². The van der Waals surface area contributed by atoms with E-state index in [-0.39, 0.29) is 18.8 Å². The van der Waals surface area contributed by atoms with Crippen molar-refractivity contribution in [2.45, 2.75) is 11.7 Å². The van der Waals surface area contributed by atoms with Gasteiger partial charge >= 0.3 is 0 Å². The zero-order valence-electron chi connectivity index (χ0n) is 5.93. The minimum absolute atomic E-state index is 0.115. The Morgan fingerprint density at radius 2 is 2.55 bits per heavy atom. The molecule has 0 amide bonds. The van der Waals surface area contributed by atoms with Crippen molar-refractivity contribution in [1.82, 2.24) is 5.32 Å². The van der Waals surface area contributed by atoms with Crippen molar-refractivity contribution in [2.75, 3.05) is 13.2 Å². The highest BCUT2D eigenvalue weighted by Gasteiger charge is 2.11. The first-order valence-electron chi connectivity index (χ1n) is 3.30. The van der Waals surface area contributed by atoms with Crippen molar-refractivity contribution in [3.05, 3.63) is 11.6 Å². The molecule has 1 aliphatic rings. The molecule has 5 heteroatoms. The number of nitrogens with one attached hydrogen (secondary N) is 1. The molecule has 0 aromatic heterocycles. The van der Waals surface area contributed by atoms with Crippen molar-refractivity contribution in [3.8, 4) is 0 Å². The van der Waals surface area contributed by atoms with Gasteiger partial charge in [0.25, 0.3) is 0 Å². The number of rotatable bonds is 4. The van der Waals surface area contributed by atoms with Gasteiger partial charge in [-0.25, -0.2) is 0 Å². The topological polar surface area (TPSA) is 61.7 Å². The summed E-state index contributed by atoms with van der Waals surface area (Å²) in [7, 11) is 0. The van der Waals surface area contributed by atoms with Gasteiger partial charge in [0, 0.05) is 6.20 Å². The minimum atomic E-state index is -0.780. The van der Waals surface area contributed by atoms with Gasteiger partial charge in [-0.1, -0.05) is 11.8 Å². The van der Waals surface area contributed by atoms with E-state index in [4.69, 9.17) is 14.9 Å². The predicted octanol–water partition coefficient (Wildman–Crippen LogP) is -0.553. The quantitative estimate of drug-likeness (QED) is 0.537. The van der Waals surface area contributed by atoms with Crippen LogP contribution in [0.5, 0.6) is 0 Å². The van der Waals surface area contributed by atoms with Gasteiger partial charge in [-0.2, -0.15) is 0 Å². The second-order valence-electron chi connectivity index (χ2n) is 2.11. The lowest BCUT2D eigenvalue weighted by atomic mass is 10.4. The Bertz CT molecular complexity index is 134. The first-order valence-corrected chi connectivity index (χ1v) is 4.24. The molecule has 0 bridgehead atoms. The smallest absolute Gasteiger partial charge is 0.179 e. The zero-order valence-corrected chi connectivity index (χ0v) is 6.75. The summed E-state index contributed by atoms with van der Waals surface area (Å²) in [5.41, 5.74) is -0.115. The van der Waals surface area contributed by atoms with Crippen LogP contribution in [0.15, 0.2) is 11.6 Å². The largest absolute Gasteiger partial charge is 0.394 e. The number of aliphatic hydroxyl groups excluding tert-OH is 2. The van der Waals surface area contributed by atoms with E-state index in [9.17, 15) is 0 Å². The highest BCUT2D eigenvalue weighted by molar-refractivity contribution is 8.02. The van der Waals surface area contributed by atoms with Crippen molar-refractivity contribution < 1.29 is 14.9 Å². The third-order valence-corrected chi connectivity index (χ3v) is 1.97. The SMILES string of the molecule is OCC(O)COC1NC=CS1. The number of hydrogen-bond donors (Lipinski definition) is 3. The Hall–Kier alpha value is -0.230. The van der Waals surface area contributed by atoms with Gasteiger partial charge in [-0.05, 0) is 5.41 Å². The molecule has 0 aromatic rings. The summed E-state index contributed by atoms with van der Waals surface area (Å²) in [6.07, 6.45) is 0.999. The summed E-state index contributed by atoms with van der Waals surface area (Å²) >= 11 is 1.49. The van der Waals surface area contributed by atoms with Crippen molar-refractivity contribution in [3.63, 3.8) is 0 Å². The monoisotopic (exact) mass is 177 g/mol. The maximum absolute atomic E-state index is 8.89. The number of hydrogen-bond acceptors (Lipinski definition) is 5. The van der Waals surface area contributed by atoms with E-state index >= 15 is 0 Å². The fraction of sp³-hybridized carbons (Fsp3) is 0.667.